The average Bonchev–Trinajstić information content (AvgIpc) is 3.62. The van der Waals surface area contributed by atoms with Crippen LogP contribution in [0.5, 0.6) is 5.75 Å². The summed E-state index contributed by atoms with van der Waals surface area (Å²) in [4.78, 5) is 2.11. The predicted octanol–water partition coefficient (Wildman–Crippen LogP) is 3.77. The van der Waals surface area contributed by atoms with Crippen LogP contribution in [0.4, 0.5) is 5.69 Å². The number of ether oxygens (including phenoxy) is 1. The van der Waals surface area contributed by atoms with Crippen LogP contribution in [-0.2, 0) is 26.8 Å². The Bertz CT molecular complexity index is 1910. The van der Waals surface area contributed by atoms with E-state index in [0.29, 0.717) is 13.1 Å². The number of thiophene rings is 1. The first-order valence-electron chi connectivity index (χ1n) is 13.2. The number of nitrogens with zero attached hydrogens (tertiary/aromatic N) is 2. The molecule has 14 heteroatoms. The second-order valence-electron chi connectivity index (χ2n) is 9.69. The summed E-state index contributed by atoms with van der Waals surface area (Å²) in [7, 11) is -7.00. The first-order chi connectivity index (χ1) is 20.0. The molecule has 2 aromatic heterocycles. The van der Waals surface area contributed by atoms with E-state index in [2.05, 4.69) is 34.6 Å². The first-order valence-corrected chi connectivity index (χ1v) is 19.8. The van der Waals surface area contributed by atoms with Gasteiger partial charge in [0, 0.05) is 0 Å². The van der Waals surface area contributed by atoms with Crippen molar-refractivity contribution in [1.29, 1.82) is 0 Å². The number of thiazole rings is 1. The van der Waals surface area contributed by atoms with Gasteiger partial charge in [0.2, 0.25) is 0 Å². The maximum absolute atomic E-state index is 11.4. The molecule has 0 unspecified atom stereocenters. The zero-order valence-electron chi connectivity index (χ0n) is 22.9. The third kappa shape index (κ3) is 7.08. The molecule has 0 spiro atoms. The third-order valence-electron chi connectivity index (χ3n) is 6.83. The first kappa shape index (κ1) is 31.1. The van der Waals surface area contributed by atoms with E-state index in [9.17, 15) is 25.9 Å². The zero-order valence-corrected chi connectivity index (χ0v) is 27.9. The Morgan fingerprint density at radius 1 is 1.10 bits per heavy atom. The Kier molecular flexibility index (Phi) is 9.45. The molecule has 1 aliphatic rings. The molecule has 0 N–H and O–H groups in total. The molecule has 2 aromatic carbocycles. The number of aromatic nitrogens is 1. The summed E-state index contributed by atoms with van der Waals surface area (Å²) in [6.07, 6.45) is 5.40. The van der Waals surface area contributed by atoms with Crippen LogP contribution in [0.2, 0.25) is 0 Å². The van der Waals surface area contributed by atoms with Crippen LogP contribution in [0.3, 0.4) is 0 Å². The van der Waals surface area contributed by atoms with Gasteiger partial charge in [0.1, 0.15) is 0 Å². The van der Waals surface area contributed by atoms with E-state index in [1.807, 2.05) is 35.7 Å². The van der Waals surface area contributed by atoms with Crippen molar-refractivity contribution in [2.24, 2.45) is 0 Å². The van der Waals surface area contributed by atoms with Gasteiger partial charge in [-0.3, -0.25) is 0 Å². The van der Waals surface area contributed by atoms with Crippen molar-refractivity contribution in [3.63, 3.8) is 0 Å². The van der Waals surface area contributed by atoms with Crippen molar-refractivity contribution in [1.82, 2.24) is 0 Å². The number of hydrogen-bond donors (Lipinski definition) is 0. The summed E-state index contributed by atoms with van der Waals surface area (Å²) in [5.41, 5.74) is 3.07. The van der Waals surface area contributed by atoms with Gasteiger partial charge < -0.3 is 0 Å². The van der Waals surface area contributed by atoms with Crippen LogP contribution in [-0.4, -0.2) is 66.1 Å². The van der Waals surface area contributed by atoms with Crippen LogP contribution in [0.1, 0.15) is 31.2 Å². The number of methoxy groups -OCH3 is 1. The van der Waals surface area contributed by atoms with E-state index in [4.69, 9.17) is 4.74 Å². The van der Waals surface area contributed by atoms with Crippen molar-refractivity contribution in [2.75, 3.05) is 30.1 Å². The molecule has 0 atom stereocenters. The minimum absolute atomic E-state index is 0.00366. The summed E-state index contributed by atoms with van der Waals surface area (Å²) in [5, 5.41) is 3.91. The predicted molar refractivity (Wildman–Crippen MR) is 168 cm³/mol. The van der Waals surface area contributed by atoms with Crippen LogP contribution in [0.25, 0.3) is 26.4 Å². The van der Waals surface area contributed by atoms with Crippen LogP contribution in [0, 0.1) is 0 Å². The fourth-order valence-corrected chi connectivity index (χ4v) is 10.6. The van der Waals surface area contributed by atoms with Gasteiger partial charge in [0.05, 0.1) is 0 Å². The Balaban J connectivity index is 1.57. The van der Waals surface area contributed by atoms with Gasteiger partial charge in [-0.05, 0) is 0 Å². The topological polar surface area (TPSA) is 131 Å². The number of hydrogen-bond acceptors (Lipinski definition) is 10. The standard InChI is InChI=1S/C28H30N2O7S4Se/c1-3-19(17-26-29(11-6-14-40(31,32)33)21-8-4-5-9-24(21)42-26)16-25-30(12-7-15-41(34,35)36)27-23(39-25)18-22(37-2)20-10-13-38-28(20)27/h4-5,8-10,13,16-18H,3,6-7,11-12,14-15H2,1-2H3,(H-,31,32,33,34,35,36)/p-1. The fraction of sp³-hybridized carbons (Fsp3) is 0.321. The van der Waals surface area contributed by atoms with E-state index in [-0.39, 0.29) is 27.8 Å². The maximum atomic E-state index is 11.4. The SMILES string of the molecule is CCC(=C/c1sc2cc(OC)c3ccsc3c2[n+]1CCCS(=O)(=O)[O-])/C=C1/[Se]c2ccccc2N1CCCS(=O)(=O)[O-]. The van der Waals surface area contributed by atoms with E-state index < -0.39 is 31.7 Å². The Labute approximate surface area is 259 Å². The molecule has 42 heavy (non-hydrogen) atoms. The molecule has 0 amide bonds. The van der Waals surface area contributed by atoms with Crippen molar-refractivity contribution in [3.8, 4) is 5.75 Å². The van der Waals surface area contributed by atoms with Gasteiger partial charge in [-0.25, -0.2) is 0 Å². The molecule has 0 aliphatic carbocycles. The minimum atomic E-state index is -4.34. The number of allylic oxidation sites excluding steroid dienone is 2. The monoisotopic (exact) mass is 713 g/mol. The number of para-hydroxylation sites is 1. The second kappa shape index (κ2) is 12.7. The molecule has 0 radical (unpaired) electrons. The average molecular weight is 713 g/mol. The molecule has 224 valence electrons. The normalized spacial score (nSPS) is 15.3. The van der Waals surface area contributed by atoms with E-state index in [1.165, 1.54) is 4.46 Å². The number of aryl methyl sites for hydroxylation is 1. The van der Waals surface area contributed by atoms with Gasteiger partial charge in [0.15, 0.2) is 0 Å². The zero-order chi connectivity index (χ0) is 30.1. The number of anilines is 1. The second-order valence-corrected chi connectivity index (χ2v) is 16.9. The number of fused-ring (bicyclic) bond motifs is 4. The molecule has 0 bridgehead atoms. The molecule has 4 aromatic rings. The summed E-state index contributed by atoms with van der Waals surface area (Å²) in [6, 6.07) is 12.0. The van der Waals surface area contributed by atoms with Crippen LogP contribution in [0.15, 0.2) is 58.0 Å². The summed E-state index contributed by atoms with van der Waals surface area (Å²) in [6.45, 7) is 2.85. The molecule has 5 rings (SSSR count). The summed E-state index contributed by atoms with van der Waals surface area (Å²) >= 11 is 3.17. The van der Waals surface area contributed by atoms with E-state index in [1.54, 1.807) is 29.8 Å². The molecule has 0 fully saturated rings. The van der Waals surface area contributed by atoms with Crippen LogP contribution < -0.4 is 18.7 Å². The quantitative estimate of drug-likeness (QED) is 0.123. The van der Waals surface area contributed by atoms with Crippen molar-refractivity contribution < 1.29 is 35.2 Å². The number of rotatable bonds is 12. The molecule has 9 nitrogen and oxygen atoms in total. The Morgan fingerprint density at radius 2 is 1.83 bits per heavy atom. The number of benzene rings is 2. The van der Waals surface area contributed by atoms with Crippen molar-refractivity contribution in [3.05, 3.63) is 63.0 Å². The Hall–Kier alpha value is -2.29. The fourth-order valence-electron chi connectivity index (χ4n) is 4.93. The van der Waals surface area contributed by atoms with Crippen molar-refractivity contribution in [2.45, 2.75) is 32.7 Å². The van der Waals surface area contributed by atoms with E-state index in [0.717, 1.165) is 53.3 Å². The Morgan fingerprint density at radius 3 is 2.55 bits per heavy atom. The van der Waals surface area contributed by atoms with E-state index >= 15 is 0 Å². The van der Waals surface area contributed by atoms with Gasteiger partial charge in [0.25, 0.3) is 0 Å². The van der Waals surface area contributed by atoms with Gasteiger partial charge in [-0.15, -0.1) is 0 Å². The molecular formula is C28H29N2O7S4Se-. The van der Waals surface area contributed by atoms with Crippen molar-refractivity contribution >= 4 is 94.4 Å². The van der Waals surface area contributed by atoms with Gasteiger partial charge >= 0.3 is 261 Å². The molecule has 0 saturated heterocycles. The molecule has 3 heterocycles. The molecule has 0 saturated carbocycles. The van der Waals surface area contributed by atoms with Gasteiger partial charge in [-0.1, -0.05) is 0 Å². The summed E-state index contributed by atoms with van der Waals surface area (Å²) in [5.74, 6) is -0.0852. The van der Waals surface area contributed by atoms with Crippen LogP contribution >= 0.6 is 22.7 Å². The molecule has 1 aliphatic heterocycles. The molecular weight excluding hydrogens is 684 g/mol. The third-order valence-corrected chi connectivity index (χ3v) is 12.7. The van der Waals surface area contributed by atoms with Gasteiger partial charge in [-0.2, -0.15) is 0 Å². The summed E-state index contributed by atoms with van der Waals surface area (Å²) < 4.78 is 80.0.